The van der Waals surface area contributed by atoms with Gasteiger partial charge in [0.05, 0.1) is 0 Å². The van der Waals surface area contributed by atoms with Gasteiger partial charge in [-0.1, -0.05) is 38.1 Å². The lowest BCUT2D eigenvalue weighted by Crippen LogP contribution is -2.45. The van der Waals surface area contributed by atoms with E-state index in [1.807, 2.05) is 17.8 Å². The Morgan fingerprint density at radius 1 is 1.47 bits per heavy atom. The Labute approximate surface area is 120 Å². The molecule has 1 aliphatic rings. The number of fused-ring (bicyclic) bond motifs is 1. The molecule has 1 aliphatic heterocycles. The Morgan fingerprint density at radius 2 is 2.26 bits per heavy atom. The lowest BCUT2D eigenvalue weighted by Gasteiger charge is -2.32. The van der Waals surface area contributed by atoms with Crippen molar-refractivity contribution < 1.29 is 4.74 Å². The predicted molar refractivity (Wildman–Crippen MR) is 83.1 cm³/mol. The summed E-state index contributed by atoms with van der Waals surface area (Å²) in [6.45, 7) is 9.41. The first-order valence-corrected chi connectivity index (χ1v) is 8.01. The second kappa shape index (κ2) is 7.01. The van der Waals surface area contributed by atoms with Crippen molar-refractivity contribution in [2.45, 2.75) is 43.7 Å². The molecule has 0 radical (unpaired) electrons. The van der Waals surface area contributed by atoms with Crippen LogP contribution in [0.3, 0.4) is 0 Å². The third-order valence-corrected chi connectivity index (χ3v) is 4.60. The van der Waals surface area contributed by atoms with Crippen LogP contribution in [0.1, 0.15) is 26.7 Å². The van der Waals surface area contributed by atoms with Crippen molar-refractivity contribution in [2.75, 3.05) is 12.3 Å². The van der Waals surface area contributed by atoms with Gasteiger partial charge in [-0.3, -0.25) is 0 Å². The minimum atomic E-state index is 0.225. The molecule has 1 heterocycles. The number of thioether (sulfide) groups is 1. The molecular formula is C16H23NOS. The first kappa shape index (κ1) is 14.5. The van der Waals surface area contributed by atoms with Gasteiger partial charge in [0.1, 0.15) is 11.9 Å². The summed E-state index contributed by atoms with van der Waals surface area (Å²) in [6.07, 6.45) is 2.26. The lowest BCUT2D eigenvalue weighted by molar-refractivity contribution is 0.166. The topological polar surface area (TPSA) is 21.3 Å². The van der Waals surface area contributed by atoms with E-state index >= 15 is 0 Å². The molecule has 2 nitrogen and oxygen atoms in total. The third kappa shape index (κ3) is 3.77. The van der Waals surface area contributed by atoms with Gasteiger partial charge < -0.3 is 10.1 Å². The molecule has 2 atom stereocenters. The van der Waals surface area contributed by atoms with Gasteiger partial charge in [-0.15, -0.1) is 11.8 Å². The Morgan fingerprint density at radius 3 is 3.00 bits per heavy atom. The number of hydrogen-bond donors (Lipinski definition) is 1. The highest BCUT2D eigenvalue weighted by molar-refractivity contribution is 7.99. The van der Waals surface area contributed by atoms with Crippen LogP contribution in [0.2, 0.25) is 0 Å². The fourth-order valence-corrected chi connectivity index (χ4v) is 3.36. The van der Waals surface area contributed by atoms with Crippen molar-refractivity contribution in [3.8, 4) is 5.75 Å². The van der Waals surface area contributed by atoms with Crippen LogP contribution in [0.5, 0.6) is 5.75 Å². The van der Waals surface area contributed by atoms with Crippen molar-refractivity contribution in [1.82, 2.24) is 5.32 Å². The van der Waals surface area contributed by atoms with Crippen molar-refractivity contribution in [2.24, 2.45) is 0 Å². The van der Waals surface area contributed by atoms with Crippen LogP contribution in [0.4, 0.5) is 0 Å². The van der Waals surface area contributed by atoms with Crippen molar-refractivity contribution in [3.63, 3.8) is 0 Å². The highest BCUT2D eigenvalue weighted by atomic mass is 32.2. The molecule has 104 valence electrons. The van der Waals surface area contributed by atoms with Gasteiger partial charge in [-0.05, 0) is 31.5 Å². The molecule has 2 unspecified atom stereocenters. The zero-order valence-electron chi connectivity index (χ0n) is 11.8. The third-order valence-electron chi connectivity index (χ3n) is 3.45. The number of ether oxygens (including phenoxy) is 1. The number of hydrogen-bond acceptors (Lipinski definition) is 3. The molecule has 0 spiro atoms. The Kier molecular flexibility index (Phi) is 5.34. The number of para-hydroxylation sites is 1. The smallest absolute Gasteiger partial charge is 0.133 e. The maximum absolute atomic E-state index is 6.17. The Hall–Kier alpha value is -0.930. The van der Waals surface area contributed by atoms with Crippen LogP contribution in [0, 0.1) is 0 Å². The number of benzene rings is 1. The summed E-state index contributed by atoms with van der Waals surface area (Å²) in [5.74, 6) is 2.03. The van der Waals surface area contributed by atoms with E-state index in [4.69, 9.17) is 4.74 Å². The summed E-state index contributed by atoms with van der Waals surface area (Å²) >= 11 is 1.89. The van der Waals surface area contributed by atoms with Gasteiger partial charge in [-0.25, -0.2) is 0 Å². The molecule has 0 saturated heterocycles. The van der Waals surface area contributed by atoms with Crippen LogP contribution in [-0.4, -0.2) is 24.4 Å². The van der Waals surface area contributed by atoms with Crippen LogP contribution < -0.4 is 10.1 Å². The Balaban J connectivity index is 2.05. The molecule has 0 aromatic heterocycles. The zero-order valence-corrected chi connectivity index (χ0v) is 12.6. The van der Waals surface area contributed by atoms with Crippen molar-refractivity contribution >= 4 is 11.8 Å². The fraction of sp³-hybridized carbons (Fsp3) is 0.500. The van der Waals surface area contributed by atoms with Crippen LogP contribution in [0.25, 0.3) is 0 Å². The first-order valence-electron chi connectivity index (χ1n) is 7.03. The molecule has 19 heavy (non-hydrogen) atoms. The van der Waals surface area contributed by atoms with E-state index in [0.717, 1.165) is 30.9 Å². The van der Waals surface area contributed by atoms with E-state index in [1.54, 1.807) is 0 Å². The maximum Gasteiger partial charge on any atom is 0.133 e. The van der Waals surface area contributed by atoms with Crippen LogP contribution >= 0.6 is 11.8 Å². The molecule has 2 rings (SSSR count). The summed E-state index contributed by atoms with van der Waals surface area (Å²) < 4.78 is 6.17. The summed E-state index contributed by atoms with van der Waals surface area (Å²) in [4.78, 5) is 1.25. The lowest BCUT2D eigenvalue weighted by atomic mass is 10.0. The van der Waals surface area contributed by atoms with E-state index in [0.29, 0.717) is 6.04 Å². The second-order valence-electron chi connectivity index (χ2n) is 4.89. The minimum absolute atomic E-state index is 0.225. The minimum Gasteiger partial charge on any atom is -0.487 e. The predicted octanol–water partition coefficient (Wildman–Crippen LogP) is 3.87. The maximum atomic E-state index is 6.17. The van der Waals surface area contributed by atoms with E-state index in [1.165, 1.54) is 10.5 Å². The molecule has 0 bridgehead atoms. The molecule has 0 fully saturated rings. The molecule has 3 heteroatoms. The number of likely N-dealkylation sites (N-methyl/N-ethyl adjacent to an activating group) is 1. The van der Waals surface area contributed by atoms with E-state index in [2.05, 4.69) is 43.9 Å². The van der Waals surface area contributed by atoms with Crippen LogP contribution in [-0.2, 0) is 0 Å². The standard InChI is InChI=1S/C16H23NOS/c1-4-12(3)10-13(17-5-2)15-11-19-16-9-7-6-8-14(16)18-15/h6-9,13,15,17H,3-5,10-11H2,1-2H3. The zero-order chi connectivity index (χ0) is 13.7. The average molecular weight is 277 g/mol. The molecule has 0 aliphatic carbocycles. The molecule has 0 amide bonds. The second-order valence-corrected chi connectivity index (χ2v) is 5.95. The van der Waals surface area contributed by atoms with E-state index in [-0.39, 0.29) is 6.10 Å². The fourth-order valence-electron chi connectivity index (χ4n) is 2.29. The number of nitrogens with one attached hydrogen (secondary N) is 1. The highest BCUT2D eigenvalue weighted by Crippen LogP contribution is 2.36. The van der Waals surface area contributed by atoms with E-state index < -0.39 is 0 Å². The number of rotatable bonds is 6. The molecule has 1 aromatic rings. The Bertz CT molecular complexity index is 433. The SMILES string of the molecule is C=C(CC)CC(NCC)C1CSc2ccccc2O1. The van der Waals surface area contributed by atoms with Gasteiger partial charge in [0.15, 0.2) is 0 Å². The first-order chi connectivity index (χ1) is 9.24. The van der Waals surface area contributed by atoms with Gasteiger partial charge >= 0.3 is 0 Å². The average Bonchev–Trinajstić information content (AvgIpc) is 2.46. The summed E-state index contributed by atoms with van der Waals surface area (Å²) in [6, 6.07) is 8.65. The molecular weight excluding hydrogens is 254 g/mol. The summed E-state index contributed by atoms with van der Waals surface area (Å²) in [5.41, 5.74) is 1.29. The van der Waals surface area contributed by atoms with Gasteiger partial charge in [0.2, 0.25) is 0 Å². The summed E-state index contributed by atoms with van der Waals surface area (Å²) in [5, 5.41) is 3.55. The van der Waals surface area contributed by atoms with Crippen molar-refractivity contribution in [3.05, 3.63) is 36.4 Å². The molecule has 1 N–H and O–H groups in total. The summed E-state index contributed by atoms with van der Waals surface area (Å²) in [7, 11) is 0. The van der Waals surface area contributed by atoms with E-state index in [9.17, 15) is 0 Å². The quantitative estimate of drug-likeness (QED) is 0.797. The highest BCUT2D eigenvalue weighted by Gasteiger charge is 2.27. The van der Waals surface area contributed by atoms with Gasteiger partial charge in [-0.2, -0.15) is 0 Å². The largest absolute Gasteiger partial charge is 0.487 e. The van der Waals surface area contributed by atoms with Gasteiger partial charge in [0.25, 0.3) is 0 Å². The van der Waals surface area contributed by atoms with Crippen LogP contribution in [0.15, 0.2) is 41.3 Å². The van der Waals surface area contributed by atoms with Gasteiger partial charge in [0, 0.05) is 16.7 Å². The monoisotopic (exact) mass is 277 g/mol. The van der Waals surface area contributed by atoms with Crippen molar-refractivity contribution in [1.29, 1.82) is 0 Å². The molecule has 1 aromatic carbocycles. The molecule has 0 saturated carbocycles. The normalized spacial score (nSPS) is 19.4.